The van der Waals surface area contributed by atoms with Crippen LogP contribution in [0.15, 0.2) is 30.3 Å². The smallest absolute Gasteiger partial charge is 0.00579 e. The molecule has 1 aromatic rings. The lowest BCUT2D eigenvalue weighted by Crippen LogP contribution is -2.19. The van der Waals surface area contributed by atoms with Crippen LogP contribution in [0.3, 0.4) is 0 Å². The highest BCUT2D eigenvalue weighted by atomic mass is 32.2. The predicted octanol–water partition coefficient (Wildman–Crippen LogP) is 3.52. The summed E-state index contributed by atoms with van der Waals surface area (Å²) in [5.74, 6) is 3.12. The van der Waals surface area contributed by atoms with Gasteiger partial charge in [0.15, 0.2) is 0 Å². The molecule has 0 spiro atoms. The summed E-state index contributed by atoms with van der Waals surface area (Å²) in [4.78, 5) is 0. The van der Waals surface area contributed by atoms with Gasteiger partial charge < -0.3 is 5.32 Å². The molecule has 1 aromatic carbocycles. The molecule has 1 rings (SSSR count). The molecule has 0 heterocycles. The maximum absolute atomic E-state index is 3.50. The summed E-state index contributed by atoms with van der Waals surface area (Å²) in [6, 6.07) is 10.8. The van der Waals surface area contributed by atoms with Crippen molar-refractivity contribution in [3.63, 3.8) is 0 Å². The normalized spacial score (nSPS) is 12.6. The van der Waals surface area contributed by atoms with E-state index in [0.29, 0.717) is 5.92 Å². The number of thioether (sulfide) groups is 1. The van der Waals surface area contributed by atoms with Crippen LogP contribution in [0.5, 0.6) is 0 Å². The minimum absolute atomic E-state index is 0.660. The molecule has 16 heavy (non-hydrogen) atoms. The van der Waals surface area contributed by atoms with E-state index in [1.54, 1.807) is 0 Å². The van der Waals surface area contributed by atoms with Crippen LogP contribution in [-0.4, -0.2) is 24.6 Å². The highest BCUT2D eigenvalue weighted by molar-refractivity contribution is 7.99. The first-order valence-corrected chi connectivity index (χ1v) is 7.33. The minimum atomic E-state index is 0.660. The van der Waals surface area contributed by atoms with Gasteiger partial charge in [0.05, 0.1) is 0 Å². The van der Waals surface area contributed by atoms with Crippen molar-refractivity contribution < 1.29 is 0 Å². The molecule has 1 N–H and O–H groups in total. The first-order valence-electron chi connectivity index (χ1n) is 6.18. The van der Waals surface area contributed by atoms with E-state index in [9.17, 15) is 0 Å². The number of rotatable bonds is 8. The van der Waals surface area contributed by atoms with E-state index in [2.05, 4.69) is 49.5 Å². The van der Waals surface area contributed by atoms with Crippen molar-refractivity contribution in [2.45, 2.75) is 26.2 Å². The molecule has 2 heteroatoms. The monoisotopic (exact) mass is 237 g/mol. The Hall–Kier alpha value is -0.470. The van der Waals surface area contributed by atoms with Gasteiger partial charge in [-0.2, -0.15) is 11.8 Å². The molecule has 0 amide bonds. The third-order valence-electron chi connectivity index (χ3n) is 2.75. The second kappa shape index (κ2) is 8.66. The van der Waals surface area contributed by atoms with Crippen molar-refractivity contribution in [2.75, 3.05) is 24.6 Å². The average molecular weight is 237 g/mol. The van der Waals surface area contributed by atoms with Gasteiger partial charge in [-0.1, -0.05) is 44.2 Å². The predicted molar refractivity (Wildman–Crippen MR) is 75.3 cm³/mol. The summed E-state index contributed by atoms with van der Waals surface area (Å²) in [6.45, 7) is 6.78. The zero-order valence-electron chi connectivity index (χ0n) is 10.4. The highest BCUT2D eigenvalue weighted by Crippen LogP contribution is 2.17. The van der Waals surface area contributed by atoms with Crippen LogP contribution in [-0.2, 0) is 0 Å². The van der Waals surface area contributed by atoms with E-state index in [1.807, 2.05) is 11.8 Å². The van der Waals surface area contributed by atoms with Crippen LogP contribution >= 0.6 is 11.8 Å². The van der Waals surface area contributed by atoms with E-state index in [4.69, 9.17) is 0 Å². The van der Waals surface area contributed by atoms with Crippen molar-refractivity contribution in [2.24, 2.45) is 0 Å². The molecule has 0 saturated heterocycles. The quantitative estimate of drug-likeness (QED) is 0.694. The number of nitrogens with one attached hydrogen (secondary N) is 1. The van der Waals surface area contributed by atoms with Gasteiger partial charge >= 0.3 is 0 Å². The maximum atomic E-state index is 3.50. The SMILES string of the molecule is CCSCCNCCC(C)c1ccccc1. The molecule has 0 fully saturated rings. The Kier molecular flexibility index (Phi) is 7.35. The molecule has 1 atom stereocenters. The lowest BCUT2D eigenvalue weighted by atomic mass is 9.98. The Morgan fingerprint density at radius 1 is 1.19 bits per heavy atom. The summed E-state index contributed by atoms with van der Waals surface area (Å²) in [5, 5.41) is 3.50. The molecular formula is C14H23NS. The highest BCUT2D eigenvalue weighted by Gasteiger charge is 2.03. The van der Waals surface area contributed by atoms with E-state index < -0.39 is 0 Å². The third-order valence-corrected chi connectivity index (χ3v) is 3.65. The second-order valence-electron chi connectivity index (χ2n) is 4.05. The zero-order valence-corrected chi connectivity index (χ0v) is 11.2. The van der Waals surface area contributed by atoms with Crippen molar-refractivity contribution in [3.05, 3.63) is 35.9 Å². The fourth-order valence-corrected chi connectivity index (χ4v) is 2.26. The summed E-state index contributed by atoms with van der Waals surface area (Å²) >= 11 is 2.00. The summed E-state index contributed by atoms with van der Waals surface area (Å²) in [5.41, 5.74) is 1.45. The van der Waals surface area contributed by atoms with Gasteiger partial charge in [0, 0.05) is 12.3 Å². The van der Waals surface area contributed by atoms with Crippen LogP contribution in [0, 0.1) is 0 Å². The van der Waals surface area contributed by atoms with Gasteiger partial charge in [0.2, 0.25) is 0 Å². The number of hydrogen-bond acceptors (Lipinski definition) is 2. The number of hydrogen-bond donors (Lipinski definition) is 1. The second-order valence-corrected chi connectivity index (χ2v) is 5.44. The van der Waals surface area contributed by atoms with Crippen molar-refractivity contribution in [1.82, 2.24) is 5.32 Å². The number of benzene rings is 1. The fourth-order valence-electron chi connectivity index (χ4n) is 1.68. The lowest BCUT2D eigenvalue weighted by Gasteiger charge is -2.12. The standard InChI is InChI=1S/C14H23NS/c1-3-16-12-11-15-10-9-13(2)14-7-5-4-6-8-14/h4-8,13,15H,3,9-12H2,1-2H3. The van der Waals surface area contributed by atoms with Crippen LogP contribution in [0.2, 0.25) is 0 Å². The van der Waals surface area contributed by atoms with Gasteiger partial charge in [-0.05, 0) is 30.2 Å². The van der Waals surface area contributed by atoms with E-state index in [-0.39, 0.29) is 0 Å². The Morgan fingerprint density at radius 3 is 2.62 bits per heavy atom. The first kappa shape index (κ1) is 13.6. The maximum Gasteiger partial charge on any atom is 0.00579 e. The lowest BCUT2D eigenvalue weighted by molar-refractivity contribution is 0.610. The van der Waals surface area contributed by atoms with Gasteiger partial charge in [-0.3, -0.25) is 0 Å². The Morgan fingerprint density at radius 2 is 1.94 bits per heavy atom. The fraction of sp³-hybridized carbons (Fsp3) is 0.571. The molecule has 1 unspecified atom stereocenters. The van der Waals surface area contributed by atoms with Gasteiger partial charge in [0.1, 0.15) is 0 Å². The van der Waals surface area contributed by atoms with Crippen LogP contribution in [0.1, 0.15) is 31.7 Å². The van der Waals surface area contributed by atoms with E-state index in [0.717, 1.165) is 13.1 Å². The van der Waals surface area contributed by atoms with Crippen molar-refractivity contribution >= 4 is 11.8 Å². The largest absolute Gasteiger partial charge is 0.316 e. The third kappa shape index (κ3) is 5.57. The first-order chi connectivity index (χ1) is 7.84. The van der Waals surface area contributed by atoms with Crippen LogP contribution in [0.4, 0.5) is 0 Å². The molecule has 0 aliphatic carbocycles. The molecule has 0 aliphatic rings. The van der Waals surface area contributed by atoms with Gasteiger partial charge in [0.25, 0.3) is 0 Å². The summed E-state index contributed by atoms with van der Waals surface area (Å²) in [7, 11) is 0. The summed E-state index contributed by atoms with van der Waals surface area (Å²) in [6.07, 6.45) is 1.22. The zero-order chi connectivity index (χ0) is 11.6. The van der Waals surface area contributed by atoms with Gasteiger partial charge in [-0.15, -0.1) is 0 Å². The summed E-state index contributed by atoms with van der Waals surface area (Å²) < 4.78 is 0. The molecule has 0 saturated carbocycles. The van der Waals surface area contributed by atoms with E-state index in [1.165, 1.54) is 23.5 Å². The molecule has 0 bridgehead atoms. The van der Waals surface area contributed by atoms with Crippen molar-refractivity contribution in [1.29, 1.82) is 0 Å². The van der Waals surface area contributed by atoms with Crippen molar-refractivity contribution in [3.8, 4) is 0 Å². The van der Waals surface area contributed by atoms with Gasteiger partial charge in [-0.25, -0.2) is 0 Å². The molecule has 0 radical (unpaired) electrons. The molecular weight excluding hydrogens is 214 g/mol. The molecule has 0 aliphatic heterocycles. The van der Waals surface area contributed by atoms with Crippen LogP contribution < -0.4 is 5.32 Å². The topological polar surface area (TPSA) is 12.0 Å². The Labute approximate surface area is 104 Å². The molecule has 1 nitrogen and oxygen atoms in total. The Bertz CT molecular complexity index is 261. The molecule has 0 aromatic heterocycles. The minimum Gasteiger partial charge on any atom is -0.316 e. The van der Waals surface area contributed by atoms with Crippen LogP contribution in [0.25, 0.3) is 0 Å². The molecule has 90 valence electrons. The Balaban J connectivity index is 2.09. The van der Waals surface area contributed by atoms with E-state index >= 15 is 0 Å². The average Bonchev–Trinajstić information content (AvgIpc) is 2.34.